The SMILES string of the molecule is CC1(C(=O)O)CCCN1C(=O)c1cccc(Cl)c1F. The van der Waals surface area contributed by atoms with Gasteiger partial charge in [-0.05, 0) is 31.9 Å². The molecule has 4 nitrogen and oxygen atoms in total. The Morgan fingerprint density at radius 3 is 2.79 bits per heavy atom. The molecule has 2 rings (SSSR count). The van der Waals surface area contributed by atoms with E-state index in [2.05, 4.69) is 0 Å². The first kappa shape index (κ1) is 13.8. The number of halogens is 2. The van der Waals surface area contributed by atoms with Crippen molar-refractivity contribution in [1.82, 2.24) is 4.90 Å². The van der Waals surface area contributed by atoms with Crippen LogP contribution in [0.5, 0.6) is 0 Å². The standard InChI is InChI=1S/C13H13ClFNO3/c1-13(12(18)19)6-3-7-16(13)11(17)8-4-2-5-9(14)10(8)15/h2,4-5H,3,6-7H2,1H3,(H,18,19). The minimum absolute atomic E-state index is 0.151. The van der Waals surface area contributed by atoms with Crippen LogP contribution >= 0.6 is 11.6 Å². The molecule has 0 aliphatic carbocycles. The number of hydrogen-bond acceptors (Lipinski definition) is 2. The van der Waals surface area contributed by atoms with Crippen LogP contribution in [0.25, 0.3) is 0 Å². The highest BCUT2D eigenvalue weighted by molar-refractivity contribution is 6.31. The predicted molar refractivity (Wildman–Crippen MR) is 67.7 cm³/mol. The lowest BCUT2D eigenvalue weighted by molar-refractivity contribution is -0.147. The van der Waals surface area contributed by atoms with Gasteiger partial charge in [0.25, 0.3) is 5.91 Å². The van der Waals surface area contributed by atoms with Gasteiger partial charge in [0.05, 0.1) is 10.6 Å². The zero-order valence-corrected chi connectivity index (χ0v) is 11.1. The van der Waals surface area contributed by atoms with E-state index in [-0.39, 0.29) is 10.6 Å². The first-order valence-electron chi connectivity index (χ1n) is 5.87. The molecule has 1 fully saturated rings. The summed E-state index contributed by atoms with van der Waals surface area (Å²) in [6.45, 7) is 1.77. The van der Waals surface area contributed by atoms with Crippen molar-refractivity contribution < 1.29 is 19.1 Å². The van der Waals surface area contributed by atoms with Crippen LogP contribution < -0.4 is 0 Å². The first-order chi connectivity index (χ1) is 8.88. The quantitative estimate of drug-likeness (QED) is 0.908. The molecular weight excluding hydrogens is 273 g/mol. The van der Waals surface area contributed by atoms with Gasteiger partial charge >= 0.3 is 5.97 Å². The number of rotatable bonds is 2. The molecule has 6 heteroatoms. The van der Waals surface area contributed by atoms with Crippen molar-refractivity contribution in [1.29, 1.82) is 0 Å². The van der Waals surface area contributed by atoms with E-state index in [1.165, 1.54) is 30.0 Å². The molecule has 0 spiro atoms. The molecule has 0 bridgehead atoms. The van der Waals surface area contributed by atoms with E-state index < -0.39 is 23.2 Å². The summed E-state index contributed by atoms with van der Waals surface area (Å²) in [5.74, 6) is -2.53. The minimum Gasteiger partial charge on any atom is -0.480 e. The fraction of sp³-hybridized carbons (Fsp3) is 0.385. The monoisotopic (exact) mass is 285 g/mol. The topological polar surface area (TPSA) is 57.6 Å². The zero-order chi connectivity index (χ0) is 14.2. The van der Waals surface area contributed by atoms with E-state index >= 15 is 0 Å². The highest BCUT2D eigenvalue weighted by Gasteiger charge is 2.46. The van der Waals surface area contributed by atoms with Gasteiger partial charge in [0.15, 0.2) is 5.82 Å². The molecule has 19 heavy (non-hydrogen) atoms. The molecular formula is C13H13ClFNO3. The van der Waals surface area contributed by atoms with Crippen LogP contribution in [-0.2, 0) is 4.79 Å². The fourth-order valence-corrected chi connectivity index (χ4v) is 2.50. The number of carbonyl (C=O) groups is 2. The van der Waals surface area contributed by atoms with Crippen molar-refractivity contribution in [2.45, 2.75) is 25.3 Å². The van der Waals surface area contributed by atoms with E-state index in [0.717, 1.165) is 0 Å². The van der Waals surface area contributed by atoms with Crippen LogP contribution in [-0.4, -0.2) is 34.0 Å². The molecule has 1 aromatic rings. The van der Waals surface area contributed by atoms with Gasteiger partial charge in [-0.25, -0.2) is 9.18 Å². The molecule has 1 aromatic carbocycles. The number of hydrogen-bond donors (Lipinski definition) is 1. The highest BCUT2D eigenvalue weighted by Crippen LogP contribution is 2.31. The lowest BCUT2D eigenvalue weighted by Gasteiger charge is -2.31. The van der Waals surface area contributed by atoms with Gasteiger partial charge in [-0.3, -0.25) is 4.79 Å². The molecule has 0 radical (unpaired) electrons. The van der Waals surface area contributed by atoms with Gasteiger partial charge in [0.2, 0.25) is 0 Å². The Hall–Kier alpha value is -1.62. The number of likely N-dealkylation sites (tertiary alicyclic amines) is 1. The van der Waals surface area contributed by atoms with Crippen molar-refractivity contribution in [2.24, 2.45) is 0 Å². The van der Waals surface area contributed by atoms with Gasteiger partial charge in [-0.2, -0.15) is 0 Å². The maximum atomic E-state index is 13.8. The van der Waals surface area contributed by atoms with E-state index in [1.807, 2.05) is 0 Å². The number of aliphatic carboxylic acids is 1. The molecule has 1 aliphatic rings. The molecule has 1 N–H and O–H groups in total. The summed E-state index contributed by atoms with van der Waals surface area (Å²) >= 11 is 5.64. The van der Waals surface area contributed by atoms with Gasteiger partial charge in [0, 0.05) is 6.54 Å². The molecule has 1 unspecified atom stereocenters. The summed E-state index contributed by atoms with van der Waals surface area (Å²) < 4.78 is 13.8. The van der Waals surface area contributed by atoms with Gasteiger partial charge in [-0.1, -0.05) is 17.7 Å². The average molecular weight is 286 g/mol. The second-order valence-electron chi connectivity index (χ2n) is 4.74. The van der Waals surface area contributed by atoms with Crippen LogP contribution in [0.2, 0.25) is 5.02 Å². The molecule has 1 amide bonds. The molecule has 1 saturated heterocycles. The maximum absolute atomic E-state index is 13.8. The Morgan fingerprint density at radius 1 is 1.47 bits per heavy atom. The largest absolute Gasteiger partial charge is 0.480 e. The molecule has 1 heterocycles. The lowest BCUT2D eigenvalue weighted by Crippen LogP contribution is -2.50. The fourth-order valence-electron chi connectivity index (χ4n) is 2.33. The second kappa shape index (κ2) is 4.81. The summed E-state index contributed by atoms with van der Waals surface area (Å²) in [6.07, 6.45) is 0.937. The molecule has 1 aliphatic heterocycles. The molecule has 0 aromatic heterocycles. The van der Waals surface area contributed by atoms with Crippen molar-refractivity contribution in [3.8, 4) is 0 Å². The molecule has 0 saturated carbocycles. The summed E-state index contributed by atoms with van der Waals surface area (Å²) in [5.41, 5.74) is -1.48. The number of carboxylic acids is 1. The highest BCUT2D eigenvalue weighted by atomic mass is 35.5. The van der Waals surface area contributed by atoms with Crippen LogP contribution in [0.1, 0.15) is 30.1 Å². The second-order valence-corrected chi connectivity index (χ2v) is 5.15. The Balaban J connectivity index is 2.39. The van der Waals surface area contributed by atoms with Crippen molar-refractivity contribution in [3.63, 3.8) is 0 Å². The summed E-state index contributed by atoms with van der Waals surface area (Å²) in [5, 5.41) is 9.10. The summed E-state index contributed by atoms with van der Waals surface area (Å²) in [6, 6.07) is 4.12. The Morgan fingerprint density at radius 2 is 2.16 bits per heavy atom. The summed E-state index contributed by atoms with van der Waals surface area (Å²) in [4.78, 5) is 24.8. The van der Waals surface area contributed by atoms with Crippen molar-refractivity contribution >= 4 is 23.5 Å². The third-order valence-corrected chi connectivity index (χ3v) is 3.82. The summed E-state index contributed by atoms with van der Waals surface area (Å²) in [7, 11) is 0. The zero-order valence-electron chi connectivity index (χ0n) is 10.3. The van der Waals surface area contributed by atoms with Crippen LogP contribution in [0.3, 0.4) is 0 Å². The Labute approximate surface area is 114 Å². The number of carbonyl (C=O) groups excluding carboxylic acids is 1. The third kappa shape index (κ3) is 2.18. The van der Waals surface area contributed by atoms with Gasteiger partial charge in [-0.15, -0.1) is 0 Å². The predicted octanol–water partition coefficient (Wildman–Crippen LogP) is 2.56. The maximum Gasteiger partial charge on any atom is 0.329 e. The van der Waals surface area contributed by atoms with Crippen LogP contribution in [0, 0.1) is 5.82 Å². The van der Waals surface area contributed by atoms with E-state index in [1.54, 1.807) is 0 Å². The van der Waals surface area contributed by atoms with Crippen molar-refractivity contribution in [3.05, 3.63) is 34.6 Å². The smallest absolute Gasteiger partial charge is 0.329 e. The lowest BCUT2D eigenvalue weighted by atomic mass is 9.98. The molecule has 1 atom stereocenters. The number of nitrogens with zero attached hydrogens (tertiary/aromatic N) is 1. The average Bonchev–Trinajstić information content (AvgIpc) is 2.75. The minimum atomic E-state index is -1.29. The number of carboxylic acid groups (broad SMARTS) is 1. The number of benzene rings is 1. The van der Waals surface area contributed by atoms with Crippen molar-refractivity contribution in [2.75, 3.05) is 6.54 Å². The normalized spacial score (nSPS) is 22.6. The molecule has 102 valence electrons. The van der Waals surface area contributed by atoms with Crippen LogP contribution in [0.4, 0.5) is 4.39 Å². The Bertz CT molecular complexity index is 549. The van der Waals surface area contributed by atoms with Gasteiger partial charge < -0.3 is 10.0 Å². The van der Waals surface area contributed by atoms with E-state index in [4.69, 9.17) is 11.6 Å². The third-order valence-electron chi connectivity index (χ3n) is 3.53. The van der Waals surface area contributed by atoms with E-state index in [9.17, 15) is 19.1 Å². The van der Waals surface area contributed by atoms with E-state index in [0.29, 0.717) is 19.4 Å². The number of amides is 1. The Kier molecular flexibility index (Phi) is 3.49. The van der Waals surface area contributed by atoms with Crippen LogP contribution in [0.15, 0.2) is 18.2 Å². The first-order valence-corrected chi connectivity index (χ1v) is 6.25. The van der Waals surface area contributed by atoms with Gasteiger partial charge in [0.1, 0.15) is 5.54 Å².